The van der Waals surface area contributed by atoms with Crippen LogP contribution in [0.2, 0.25) is 0 Å². The summed E-state index contributed by atoms with van der Waals surface area (Å²) >= 11 is 0. The van der Waals surface area contributed by atoms with Crippen LogP contribution in [0.3, 0.4) is 0 Å². The third-order valence-corrected chi connectivity index (χ3v) is 8.81. The number of rotatable bonds is 8. The van der Waals surface area contributed by atoms with Crippen LogP contribution in [0.4, 0.5) is 21.7 Å². The zero-order valence-electron chi connectivity index (χ0n) is 24.2. The molecule has 1 atom stereocenters. The molecule has 2 aromatic carbocycles. The molecular weight excluding hydrogens is 557 g/mol. The Morgan fingerprint density at radius 2 is 1.88 bits per heavy atom. The van der Waals surface area contributed by atoms with Crippen molar-refractivity contribution in [2.45, 2.75) is 37.6 Å². The summed E-state index contributed by atoms with van der Waals surface area (Å²) in [4.78, 5) is 29.9. The van der Waals surface area contributed by atoms with E-state index in [2.05, 4.69) is 42.4 Å². The van der Waals surface area contributed by atoms with Gasteiger partial charge in [-0.1, -0.05) is 25.1 Å². The van der Waals surface area contributed by atoms with Crippen molar-refractivity contribution in [3.05, 3.63) is 60.2 Å². The number of nitrogens with one attached hydrogen (secondary N) is 3. The van der Waals surface area contributed by atoms with E-state index in [9.17, 15) is 17.6 Å². The summed E-state index contributed by atoms with van der Waals surface area (Å²) in [6.07, 6.45) is 6.15. The second kappa shape index (κ2) is 12.2. The zero-order valence-corrected chi connectivity index (χ0v) is 25.1. The Morgan fingerprint density at radius 1 is 1.12 bits per heavy atom. The number of amides is 1. The Kier molecular flexibility index (Phi) is 8.58. The number of nitrogens with zero attached hydrogens (tertiary/aromatic N) is 4. The summed E-state index contributed by atoms with van der Waals surface area (Å²) in [7, 11) is -1.64. The predicted molar refractivity (Wildman–Crippen MR) is 163 cm³/mol. The lowest BCUT2D eigenvalue weighted by molar-refractivity contribution is -0.121. The van der Waals surface area contributed by atoms with Crippen molar-refractivity contribution in [2.24, 2.45) is 0 Å². The fourth-order valence-corrected chi connectivity index (χ4v) is 6.21. The quantitative estimate of drug-likeness (QED) is 0.272. The Labute approximate surface area is 245 Å². The van der Waals surface area contributed by atoms with Gasteiger partial charge in [0.2, 0.25) is 11.9 Å². The minimum atomic E-state index is -3.75. The van der Waals surface area contributed by atoms with Gasteiger partial charge < -0.3 is 20.5 Å². The Morgan fingerprint density at radius 3 is 2.64 bits per heavy atom. The lowest BCUT2D eigenvalue weighted by Gasteiger charge is -2.28. The van der Waals surface area contributed by atoms with E-state index in [1.807, 2.05) is 38.2 Å². The number of H-pyrrole nitrogens is 1. The molecule has 2 aromatic heterocycles. The molecule has 1 fully saturated rings. The van der Waals surface area contributed by atoms with E-state index in [1.54, 1.807) is 6.20 Å². The molecule has 0 radical (unpaired) electrons. The number of halogens is 1. The summed E-state index contributed by atoms with van der Waals surface area (Å²) in [6.45, 7) is 7.62. The zero-order chi connectivity index (χ0) is 30.0. The summed E-state index contributed by atoms with van der Waals surface area (Å²) in [5, 5.41) is 6.83. The van der Waals surface area contributed by atoms with Crippen LogP contribution in [-0.2, 0) is 14.6 Å². The van der Waals surface area contributed by atoms with Crippen molar-refractivity contribution in [3.8, 4) is 11.3 Å². The molecule has 4 aromatic rings. The molecule has 1 aliphatic rings. The van der Waals surface area contributed by atoms with Gasteiger partial charge in [0.25, 0.3) is 0 Å². The summed E-state index contributed by atoms with van der Waals surface area (Å²) in [6, 6.07) is 9.60. The van der Waals surface area contributed by atoms with Crippen LogP contribution in [0, 0.1) is 12.7 Å². The predicted octanol–water partition coefficient (Wildman–Crippen LogP) is 4.57. The lowest BCUT2D eigenvalue weighted by atomic mass is 10.1. The number of hydrogen-bond donors (Lipinski definition) is 3. The topological polar surface area (TPSA) is 123 Å². The van der Waals surface area contributed by atoms with Crippen molar-refractivity contribution in [2.75, 3.05) is 50.1 Å². The normalized spacial score (nSPS) is 15.8. The van der Waals surface area contributed by atoms with Gasteiger partial charge in [0.05, 0.1) is 28.6 Å². The molecule has 5 rings (SSSR count). The third kappa shape index (κ3) is 6.15. The fourth-order valence-electron chi connectivity index (χ4n) is 5.45. The molecule has 1 aliphatic heterocycles. The number of likely N-dealkylation sites (N-methyl/N-ethyl adjacent to an activating group) is 1. The molecule has 1 unspecified atom stereocenters. The number of benzene rings is 2. The van der Waals surface area contributed by atoms with Crippen LogP contribution in [0.15, 0.2) is 53.7 Å². The number of para-hydroxylation sites is 1. The second-order valence-corrected chi connectivity index (χ2v) is 12.8. The molecule has 12 heteroatoms. The summed E-state index contributed by atoms with van der Waals surface area (Å²) in [5.41, 5.74) is 3.60. The number of fused-ring (bicyclic) bond motifs is 1. The minimum Gasteiger partial charge on any atom is -0.359 e. The maximum atomic E-state index is 15.0. The average Bonchev–Trinajstić information content (AvgIpc) is 3.27. The molecule has 3 N–H and O–H groups in total. The number of aryl methyl sites for hydroxylation is 1. The van der Waals surface area contributed by atoms with Gasteiger partial charge in [-0.15, -0.1) is 0 Å². The summed E-state index contributed by atoms with van der Waals surface area (Å²) < 4.78 is 38.9. The van der Waals surface area contributed by atoms with E-state index in [0.717, 1.165) is 60.9 Å². The van der Waals surface area contributed by atoms with Crippen LogP contribution in [0.25, 0.3) is 22.2 Å². The monoisotopic (exact) mass is 593 g/mol. The molecule has 0 bridgehead atoms. The highest BCUT2D eigenvalue weighted by atomic mass is 32.2. The highest BCUT2D eigenvalue weighted by Gasteiger charge is 2.26. The molecular formula is C30H36FN7O3S. The van der Waals surface area contributed by atoms with Crippen LogP contribution < -0.4 is 10.6 Å². The van der Waals surface area contributed by atoms with Gasteiger partial charge >= 0.3 is 0 Å². The SMILES string of the molecule is CCC(C(=O)Nc1cccc2c(-c3nc(Nc4cccc(S(C)(=O)=O)c4F)ncc3C)c[nH]c12)N1CCCN(C)CC1. The Hall–Kier alpha value is -3.87. The van der Waals surface area contributed by atoms with Crippen molar-refractivity contribution < 1.29 is 17.6 Å². The standard InChI is InChI=1S/C30H36FN7O3S/c1-5-24(38-14-8-13-37(3)15-16-38)29(39)34-23-11-6-9-20-21(18-32-28(20)23)27-19(2)17-33-30(36-27)35-22-10-7-12-25(26(22)31)42(4,40)41/h6-7,9-12,17-18,24,32H,5,8,13-16H2,1-4H3,(H,34,39)(H,33,35,36). The fraction of sp³-hybridized carbons (Fsp3) is 0.367. The van der Waals surface area contributed by atoms with E-state index in [0.29, 0.717) is 17.8 Å². The second-order valence-electron chi connectivity index (χ2n) is 10.8. The van der Waals surface area contributed by atoms with Crippen molar-refractivity contribution in [1.82, 2.24) is 24.8 Å². The molecule has 0 aliphatic carbocycles. The smallest absolute Gasteiger partial charge is 0.241 e. The first kappa shape index (κ1) is 29.6. The Balaban J connectivity index is 1.42. The van der Waals surface area contributed by atoms with E-state index in [4.69, 9.17) is 0 Å². The number of hydrogen-bond acceptors (Lipinski definition) is 8. The molecule has 0 spiro atoms. The van der Waals surface area contributed by atoms with Gasteiger partial charge in [-0.05, 0) is 57.1 Å². The number of aromatic amines is 1. The Bertz CT molecular complexity index is 1720. The number of carbonyl (C=O) groups excluding carboxylic acids is 1. The maximum absolute atomic E-state index is 15.0. The third-order valence-electron chi connectivity index (χ3n) is 7.69. The van der Waals surface area contributed by atoms with Crippen LogP contribution in [0.1, 0.15) is 25.3 Å². The first-order chi connectivity index (χ1) is 20.1. The summed E-state index contributed by atoms with van der Waals surface area (Å²) in [5.74, 6) is -0.808. The molecule has 42 heavy (non-hydrogen) atoms. The minimum absolute atomic E-state index is 0.0336. The highest BCUT2D eigenvalue weighted by Crippen LogP contribution is 2.34. The van der Waals surface area contributed by atoms with E-state index < -0.39 is 20.5 Å². The number of aromatic nitrogens is 3. The van der Waals surface area contributed by atoms with Gasteiger partial charge in [0.1, 0.15) is 4.90 Å². The lowest BCUT2D eigenvalue weighted by Crippen LogP contribution is -2.45. The maximum Gasteiger partial charge on any atom is 0.241 e. The van der Waals surface area contributed by atoms with E-state index in [1.165, 1.54) is 18.2 Å². The molecule has 10 nitrogen and oxygen atoms in total. The molecule has 1 amide bonds. The van der Waals surface area contributed by atoms with Gasteiger partial charge in [0, 0.05) is 49.2 Å². The molecule has 222 valence electrons. The van der Waals surface area contributed by atoms with Crippen LogP contribution in [-0.4, -0.2) is 84.6 Å². The molecule has 3 heterocycles. The largest absolute Gasteiger partial charge is 0.359 e. The molecule has 1 saturated heterocycles. The van der Waals surface area contributed by atoms with Crippen molar-refractivity contribution in [3.63, 3.8) is 0 Å². The first-order valence-corrected chi connectivity index (χ1v) is 15.9. The number of anilines is 3. The van der Waals surface area contributed by atoms with Gasteiger partial charge in [0.15, 0.2) is 15.7 Å². The van der Waals surface area contributed by atoms with Crippen molar-refractivity contribution in [1.29, 1.82) is 0 Å². The van der Waals surface area contributed by atoms with E-state index in [-0.39, 0.29) is 23.6 Å². The highest BCUT2D eigenvalue weighted by molar-refractivity contribution is 7.90. The van der Waals surface area contributed by atoms with Gasteiger partial charge in [-0.25, -0.2) is 22.8 Å². The molecule has 0 saturated carbocycles. The van der Waals surface area contributed by atoms with Crippen LogP contribution in [0.5, 0.6) is 0 Å². The van der Waals surface area contributed by atoms with Gasteiger partial charge in [-0.3, -0.25) is 9.69 Å². The first-order valence-electron chi connectivity index (χ1n) is 14.0. The van der Waals surface area contributed by atoms with Gasteiger partial charge in [-0.2, -0.15) is 0 Å². The average molecular weight is 594 g/mol. The number of sulfone groups is 1. The van der Waals surface area contributed by atoms with E-state index >= 15 is 0 Å². The number of carbonyl (C=O) groups is 1. The van der Waals surface area contributed by atoms with Crippen LogP contribution >= 0.6 is 0 Å². The van der Waals surface area contributed by atoms with Crippen molar-refractivity contribution >= 4 is 44.0 Å².